The van der Waals surface area contributed by atoms with Crippen LogP contribution in [0.25, 0.3) is 0 Å². The molecule has 0 radical (unpaired) electrons. The van der Waals surface area contributed by atoms with Crippen LogP contribution in [0, 0.1) is 28.6 Å². The third-order valence-corrected chi connectivity index (χ3v) is 9.05. The zero-order valence-corrected chi connectivity index (χ0v) is 17.1. The highest BCUT2D eigenvalue weighted by Gasteiger charge is 2.66. The van der Waals surface area contributed by atoms with E-state index in [0.29, 0.717) is 11.8 Å². The van der Waals surface area contributed by atoms with Gasteiger partial charge in [-0.25, -0.2) is 0 Å². The van der Waals surface area contributed by atoms with E-state index in [1.807, 2.05) is 0 Å². The predicted molar refractivity (Wildman–Crippen MR) is 103 cm³/mol. The van der Waals surface area contributed by atoms with Crippen molar-refractivity contribution in [2.45, 2.75) is 71.3 Å². The van der Waals surface area contributed by atoms with Crippen LogP contribution in [-0.2, 0) is 14.3 Å². The van der Waals surface area contributed by atoms with Gasteiger partial charge in [-0.15, -0.1) is 0 Å². The molecule has 0 aromatic rings. The van der Waals surface area contributed by atoms with Gasteiger partial charge in [0.15, 0.2) is 5.78 Å². The van der Waals surface area contributed by atoms with Gasteiger partial charge in [0.2, 0.25) is 0 Å². The molecule has 0 aromatic heterocycles. The number of ketones is 1. The number of Topliss-reactive ketones (excluding diaryl/α,β-unsaturated/α-hetero) is 1. The molecule has 0 bridgehead atoms. The largest absolute Gasteiger partial charge is 0.497 e. The van der Waals surface area contributed by atoms with Crippen LogP contribution in [0.1, 0.15) is 65.7 Å². The van der Waals surface area contributed by atoms with Gasteiger partial charge in [0.25, 0.3) is 0 Å². The van der Waals surface area contributed by atoms with Gasteiger partial charge in [0.1, 0.15) is 11.4 Å². The summed E-state index contributed by atoms with van der Waals surface area (Å²) in [5, 5.41) is 0. The highest BCUT2D eigenvalue weighted by molar-refractivity contribution is 5.86. The molecule has 0 amide bonds. The van der Waals surface area contributed by atoms with E-state index in [1.165, 1.54) is 19.3 Å². The van der Waals surface area contributed by atoms with Crippen LogP contribution in [0.15, 0.2) is 23.5 Å². The molecule has 3 nitrogen and oxygen atoms in total. The molecule has 0 aromatic carbocycles. The maximum atomic E-state index is 12.6. The van der Waals surface area contributed by atoms with Crippen molar-refractivity contribution in [3.63, 3.8) is 0 Å². The lowest BCUT2D eigenvalue weighted by Crippen LogP contribution is -2.57. The number of fused-ring (bicyclic) bond motifs is 5. The molecule has 4 rings (SSSR count). The van der Waals surface area contributed by atoms with Crippen molar-refractivity contribution >= 4 is 5.78 Å². The first-order chi connectivity index (χ1) is 12.3. The van der Waals surface area contributed by atoms with E-state index in [0.717, 1.165) is 37.4 Å². The number of rotatable bonds is 3. The number of carbonyl (C=O) groups is 1. The Balaban J connectivity index is 1.67. The van der Waals surface area contributed by atoms with Crippen LogP contribution < -0.4 is 0 Å². The molecule has 0 saturated heterocycles. The van der Waals surface area contributed by atoms with E-state index in [1.54, 1.807) is 26.7 Å². The van der Waals surface area contributed by atoms with Crippen molar-refractivity contribution in [2.75, 3.05) is 14.2 Å². The summed E-state index contributed by atoms with van der Waals surface area (Å²) < 4.78 is 11.5. The van der Waals surface area contributed by atoms with E-state index in [-0.39, 0.29) is 16.6 Å². The molecule has 144 valence electrons. The normalized spacial score (nSPS) is 47.2. The lowest BCUT2D eigenvalue weighted by molar-refractivity contribution is -0.167. The number of carbonyl (C=O) groups excluding carboxylic acids is 1. The highest BCUT2D eigenvalue weighted by atomic mass is 16.5. The van der Waals surface area contributed by atoms with Crippen molar-refractivity contribution in [3.8, 4) is 0 Å². The molecule has 26 heavy (non-hydrogen) atoms. The average molecular weight is 359 g/mol. The Labute approximate surface area is 158 Å². The molecular formula is C23H34O3. The standard InChI is InChI=1S/C23H34O3/c1-15(24)23(26-5)13-10-20-18-7-6-16-14-17(25-4)8-11-21(16,2)19(18)9-12-22(20,23)3/h8,14,18-20H,6-7,9-13H2,1-5H3. The first kappa shape index (κ1) is 18.3. The van der Waals surface area contributed by atoms with Gasteiger partial charge < -0.3 is 9.47 Å². The van der Waals surface area contributed by atoms with Crippen LogP contribution >= 0.6 is 0 Å². The minimum Gasteiger partial charge on any atom is -0.497 e. The summed E-state index contributed by atoms with van der Waals surface area (Å²) in [4.78, 5) is 12.6. The zero-order chi connectivity index (χ0) is 18.7. The molecule has 0 aliphatic heterocycles. The molecule has 6 unspecified atom stereocenters. The Morgan fingerprint density at radius 3 is 2.50 bits per heavy atom. The monoisotopic (exact) mass is 358 g/mol. The lowest BCUT2D eigenvalue weighted by Gasteiger charge is -2.59. The molecule has 0 spiro atoms. The van der Waals surface area contributed by atoms with E-state index >= 15 is 0 Å². The summed E-state index contributed by atoms with van der Waals surface area (Å²) >= 11 is 0. The van der Waals surface area contributed by atoms with Crippen LogP contribution in [0.5, 0.6) is 0 Å². The summed E-state index contributed by atoms with van der Waals surface area (Å²) in [5.74, 6) is 3.31. The number of allylic oxidation sites excluding steroid dienone is 3. The Kier molecular flexibility index (Phi) is 4.19. The minimum absolute atomic E-state index is 0.00543. The quantitative estimate of drug-likeness (QED) is 0.707. The highest BCUT2D eigenvalue weighted by Crippen LogP contribution is 2.68. The lowest BCUT2D eigenvalue weighted by atomic mass is 9.46. The van der Waals surface area contributed by atoms with E-state index < -0.39 is 5.60 Å². The average Bonchev–Trinajstić information content (AvgIpc) is 2.94. The third-order valence-electron chi connectivity index (χ3n) is 9.05. The molecule has 6 atom stereocenters. The number of methoxy groups -OCH3 is 2. The SMILES string of the molecule is COC1=CCC2(C)C(=C1)CCC1C2CCC2(C)C1CCC2(OC)C(C)=O. The molecular weight excluding hydrogens is 324 g/mol. The fraction of sp³-hybridized carbons (Fsp3) is 0.783. The predicted octanol–water partition coefficient (Wildman–Crippen LogP) is 5.06. The molecule has 0 N–H and O–H groups in total. The minimum atomic E-state index is -0.560. The summed E-state index contributed by atoms with van der Waals surface area (Å²) in [5.41, 5.74) is 1.29. The summed E-state index contributed by atoms with van der Waals surface area (Å²) in [6, 6.07) is 0. The Morgan fingerprint density at radius 2 is 1.85 bits per heavy atom. The fourth-order valence-corrected chi connectivity index (χ4v) is 7.59. The van der Waals surface area contributed by atoms with Crippen molar-refractivity contribution in [3.05, 3.63) is 23.5 Å². The van der Waals surface area contributed by atoms with Gasteiger partial charge in [-0.1, -0.05) is 19.4 Å². The second-order valence-corrected chi connectivity index (χ2v) is 9.60. The van der Waals surface area contributed by atoms with Crippen LogP contribution in [0.2, 0.25) is 0 Å². The van der Waals surface area contributed by atoms with Crippen LogP contribution in [0.3, 0.4) is 0 Å². The maximum absolute atomic E-state index is 12.6. The smallest absolute Gasteiger partial charge is 0.162 e. The van der Waals surface area contributed by atoms with Gasteiger partial charge >= 0.3 is 0 Å². The number of hydrogen-bond donors (Lipinski definition) is 0. The van der Waals surface area contributed by atoms with Crippen molar-refractivity contribution in [1.29, 1.82) is 0 Å². The van der Waals surface area contributed by atoms with Crippen molar-refractivity contribution in [2.24, 2.45) is 28.6 Å². The van der Waals surface area contributed by atoms with Crippen LogP contribution in [-0.4, -0.2) is 25.6 Å². The Hall–Kier alpha value is -1.09. The molecule has 3 heteroatoms. The summed E-state index contributed by atoms with van der Waals surface area (Å²) in [7, 11) is 3.52. The number of hydrogen-bond acceptors (Lipinski definition) is 3. The molecule has 3 saturated carbocycles. The first-order valence-electron chi connectivity index (χ1n) is 10.3. The molecule has 4 aliphatic rings. The first-order valence-corrected chi connectivity index (χ1v) is 10.3. The van der Waals surface area contributed by atoms with E-state index in [4.69, 9.17) is 9.47 Å². The Bertz CT molecular complexity index is 677. The Morgan fingerprint density at radius 1 is 1.12 bits per heavy atom. The summed E-state index contributed by atoms with van der Waals surface area (Å²) in [6.07, 6.45) is 12.5. The van der Waals surface area contributed by atoms with Crippen molar-refractivity contribution < 1.29 is 14.3 Å². The van der Waals surface area contributed by atoms with E-state index in [9.17, 15) is 4.79 Å². The second-order valence-electron chi connectivity index (χ2n) is 9.60. The number of ether oxygens (including phenoxy) is 2. The molecule has 0 heterocycles. The topological polar surface area (TPSA) is 35.5 Å². The zero-order valence-electron chi connectivity index (χ0n) is 17.1. The molecule has 4 aliphatic carbocycles. The van der Waals surface area contributed by atoms with Crippen molar-refractivity contribution in [1.82, 2.24) is 0 Å². The van der Waals surface area contributed by atoms with Gasteiger partial charge in [-0.05, 0) is 87.2 Å². The second kappa shape index (κ2) is 5.95. The van der Waals surface area contributed by atoms with Crippen LogP contribution in [0.4, 0.5) is 0 Å². The third kappa shape index (κ3) is 2.13. The maximum Gasteiger partial charge on any atom is 0.162 e. The van der Waals surface area contributed by atoms with Gasteiger partial charge in [0.05, 0.1) is 7.11 Å². The summed E-state index contributed by atoms with van der Waals surface area (Å²) in [6.45, 7) is 6.57. The van der Waals surface area contributed by atoms with Gasteiger partial charge in [-0.3, -0.25) is 4.79 Å². The van der Waals surface area contributed by atoms with Gasteiger partial charge in [-0.2, -0.15) is 0 Å². The van der Waals surface area contributed by atoms with Gasteiger partial charge in [0, 0.05) is 12.5 Å². The fourth-order valence-electron chi connectivity index (χ4n) is 7.59. The molecule has 3 fully saturated rings. The van der Waals surface area contributed by atoms with E-state index in [2.05, 4.69) is 26.0 Å².